The lowest BCUT2D eigenvalue weighted by Crippen LogP contribution is -2.37. The van der Waals surface area contributed by atoms with Gasteiger partial charge in [-0.1, -0.05) is 35.4 Å². The van der Waals surface area contributed by atoms with Crippen molar-refractivity contribution in [1.82, 2.24) is 21.5 Å². The molecule has 0 bridgehead atoms. The maximum atomic E-state index is 12.5. The second-order valence-electron chi connectivity index (χ2n) is 5.70. The summed E-state index contributed by atoms with van der Waals surface area (Å²) in [6, 6.07) is 7.59. The fourth-order valence-electron chi connectivity index (χ4n) is 2.92. The van der Waals surface area contributed by atoms with E-state index in [0.29, 0.717) is 18.1 Å². The van der Waals surface area contributed by atoms with Crippen LogP contribution in [0.3, 0.4) is 0 Å². The first-order valence-electron chi connectivity index (χ1n) is 7.64. The molecule has 2 unspecified atom stereocenters. The number of hydrazine groups is 1. The van der Waals surface area contributed by atoms with Crippen molar-refractivity contribution in [2.24, 2.45) is 5.92 Å². The Balaban J connectivity index is 0.00000192. The molecule has 4 N–H and O–H groups in total. The molecule has 0 aromatic heterocycles. The molecule has 5 nitrogen and oxygen atoms in total. The van der Waals surface area contributed by atoms with E-state index in [2.05, 4.69) is 27.6 Å². The van der Waals surface area contributed by atoms with Gasteiger partial charge in [0.25, 0.3) is 0 Å². The molecule has 3 rings (SSSR count). The number of nitrogens with one attached hydrogen (secondary N) is 4. The maximum absolute atomic E-state index is 12.5. The minimum absolute atomic E-state index is 0. The van der Waals surface area contributed by atoms with Crippen LogP contribution in [-0.2, 0) is 4.79 Å². The zero-order chi connectivity index (χ0) is 15.4. The van der Waals surface area contributed by atoms with Gasteiger partial charge < -0.3 is 10.6 Å². The molecule has 7 heteroatoms. The number of hydrogen-bond donors (Lipinski definition) is 4. The highest BCUT2D eigenvalue weighted by Gasteiger charge is 2.33. The van der Waals surface area contributed by atoms with E-state index in [0.717, 1.165) is 25.1 Å². The van der Waals surface area contributed by atoms with Crippen LogP contribution in [0.1, 0.15) is 18.0 Å². The molecule has 0 aliphatic carbocycles. The van der Waals surface area contributed by atoms with Crippen LogP contribution in [0.2, 0.25) is 5.02 Å². The SMILES string of the molecule is Cl.O=C(NCC1=CCNCC1)C1CNNC1c1cccc(Cl)c1. The molecular weight excluding hydrogens is 335 g/mol. The number of benzene rings is 1. The van der Waals surface area contributed by atoms with Gasteiger partial charge in [-0.15, -0.1) is 12.4 Å². The smallest absolute Gasteiger partial charge is 0.226 e. The highest BCUT2D eigenvalue weighted by atomic mass is 35.5. The molecule has 2 aliphatic heterocycles. The van der Waals surface area contributed by atoms with Crippen LogP contribution < -0.4 is 21.5 Å². The summed E-state index contributed by atoms with van der Waals surface area (Å²) in [4.78, 5) is 12.5. The minimum Gasteiger partial charge on any atom is -0.352 e. The van der Waals surface area contributed by atoms with Gasteiger partial charge in [-0.25, -0.2) is 5.43 Å². The lowest BCUT2D eigenvalue weighted by Gasteiger charge is -2.20. The largest absolute Gasteiger partial charge is 0.352 e. The van der Waals surface area contributed by atoms with Crippen LogP contribution in [0.15, 0.2) is 35.9 Å². The number of carbonyl (C=O) groups is 1. The maximum Gasteiger partial charge on any atom is 0.226 e. The number of carbonyl (C=O) groups excluding carboxylic acids is 1. The molecule has 0 radical (unpaired) electrons. The van der Waals surface area contributed by atoms with Gasteiger partial charge in [-0.3, -0.25) is 10.2 Å². The molecule has 0 spiro atoms. The van der Waals surface area contributed by atoms with E-state index in [1.165, 1.54) is 5.57 Å². The summed E-state index contributed by atoms with van der Waals surface area (Å²) in [5.74, 6) is -0.0670. The molecule has 1 saturated heterocycles. The van der Waals surface area contributed by atoms with E-state index >= 15 is 0 Å². The Morgan fingerprint density at radius 3 is 3.00 bits per heavy atom. The van der Waals surface area contributed by atoms with Gasteiger partial charge in [0.2, 0.25) is 5.91 Å². The second-order valence-corrected chi connectivity index (χ2v) is 6.14. The summed E-state index contributed by atoms with van der Waals surface area (Å²) in [7, 11) is 0. The van der Waals surface area contributed by atoms with Gasteiger partial charge in [-0.05, 0) is 30.7 Å². The van der Waals surface area contributed by atoms with Crippen LogP contribution in [-0.4, -0.2) is 32.1 Å². The molecule has 126 valence electrons. The third-order valence-corrected chi connectivity index (χ3v) is 4.41. The first-order chi connectivity index (χ1) is 10.7. The Labute approximate surface area is 147 Å². The monoisotopic (exact) mass is 356 g/mol. The summed E-state index contributed by atoms with van der Waals surface area (Å²) in [6.45, 7) is 3.13. The molecule has 0 saturated carbocycles. The Bertz CT molecular complexity index is 579. The number of rotatable bonds is 4. The normalized spacial score (nSPS) is 23.8. The third-order valence-electron chi connectivity index (χ3n) is 4.17. The molecule has 1 aromatic carbocycles. The lowest BCUT2D eigenvalue weighted by molar-refractivity contribution is -0.124. The molecule has 2 aliphatic rings. The minimum atomic E-state index is -0.138. The van der Waals surface area contributed by atoms with Crippen LogP contribution in [0.5, 0.6) is 0 Å². The van der Waals surface area contributed by atoms with Crippen molar-refractivity contribution in [3.63, 3.8) is 0 Å². The van der Waals surface area contributed by atoms with Crippen molar-refractivity contribution < 1.29 is 4.79 Å². The molecular formula is C16H22Cl2N4O. The zero-order valence-electron chi connectivity index (χ0n) is 12.8. The van der Waals surface area contributed by atoms with Crippen LogP contribution in [0.4, 0.5) is 0 Å². The van der Waals surface area contributed by atoms with Gasteiger partial charge in [0.15, 0.2) is 0 Å². The van der Waals surface area contributed by atoms with Crippen LogP contribution in [0, 0.1) is 5.92 Å². The highest BCUT2D eigenvalue weighted by molar-refractivity contribution is 6.30. The first-order valence-corrected chi connectivity index (χ1v) is 8.02. The molecule has 1 amide bonds. The lowest BCUT2D eigenvalue weighted by atomic mass is 9.94. The van der Waals surface area contributed by atoms with Crippen molar-refractivity contribution in [2.45, 2.75) is 12.5 Å². The van der Waals surface area contributed by atoms with E-state index in [1.807, 2.05) is 24.3 Å². The van der Waals surface area contributed by atoms with Gasteiger partial charge in [0.05, 0.1) is 12.0 Å². The van der Waals surface area contributed by atoms with Crippen molar-refractivity contribution in [3.8, 4) is 0 Å². The van der Waals surface area contributed by atoms with E-state index < -0.39 is 0 Å². The van der Waals surface area contributed by atoms with Crippen LogP contribution in [0.25, 0.3) is 0 Å². The summed E-state index contributed by atoms with van der Waals surface area (Å²) in [5, 5.41) is 7.02. The van der Waals surface area contributed by atoms with Gasteiger partial charge in [0.1, 0.15) is 0 Å². The zero-order valence-corrected chi connectivity index (χ0v) is 14.3. The first kappa shape index (κ1) is 18.2. The van der Waals surface area contributed by atoms with Crippen molar-refractivity contribution >= 4 is 29.9 Å². The van der Waals surface area contributed by atoms with E-state index in [1.54, 1.807) is 0 Å². The number of amides is 1. The summed E-state index contributed by atoms with van der Waals surface area (Å²) in [6.07, 6.45) is 3.16. The van der Waals surface area contributed by atoms with E-state index in [9.17, 15) is 4.79 Å². The fraction of sp³-hybridized carbons (Fsp3) is 0.438. The summed E-state index contributed by atoms with van der Waals surface area (Å²) >= 11 is 6.05. The predicted molar refractivity (Wildman–Crippen MR) is 94.6 cm³/mol. The van der Waals surface area contributed by atoms with Gasteiger partial charge in [-0.2, -0.15) is 0 Å². The van der Waals surface area contributed by atoms with Gasteiger partial charge in [0, 0.05) is 24.7 Å². The fourth-order valence-corrected chi connectivity index (χ4v) is 3.12. The quantitative estimate of drug-likeness (QED) is 0.618. The van der Waals surface area contributed by atoms with Crippen molar-refractivity contribution in [2.75, 3.05) is 26.2 Å². The Morgan fingerprint density at radius 2 is 2.26 bits per heavy atom. The Morgan fingerprint density at radius 1 is 1.39 bits per heavy atom. The van der Waals surface area contributed by atoms with Crippen LogP contribution >= 0.6 is 24.0 Å². The number of halogens is 2. The Hall–Kier alpha value is -1.11. The molecule has 1 fully saturated rings. The Kier molecular flexibility index (Phi) is 6.87. The molecule has 23 heavy (non-hydrogen) atoms. The van der Waals surface area contributed by atoms with Gasteiger partial charge >= 0.3 is 0 Å². The topological polar surface area (TPSA) is 65.2 Å². The van der Waals surface area contributed by atoms with Crippen molar-refractivity contribution in [1.29, 1.82) is 0 Å². The second kappa shape index (κ2) is 8.66. The summed E-state index contributed by atoms with van der Waals surface area (Å²) in [5.41, 5.74) is 8.58. The molecule has 2 atom stereocenters. The highest BCUT2D eigenvalue weighted by Crippen LogP contribution is 2.26. The van der Waals surface area contributed by atoms with E-state index in [-0.39, 0.29) is 30.3 Å². The third kappa shape index (κ3) is 4.68. The summed E-state index contributed by atoms with van der Waals surface area (Å²) < 4.78 is 0. The molecule has 1 aromatic rings. The predicted octanol–water partition coefficient (Wildman–Crippen LogP) is 1.56. The number of hydrogen-bond acceptors (Lipinski definition) is 4. The molecule has 2 heterocycles. The average molecular weight is 357 g/mol. The average Bonchev–Trinajstić information content (AvgIpc) is 3.03. The standard InChI is InChI=1S/C16H21ClN4O.ClH/c17-13-3-1-2-12(8-13)15-14(10-20-21-15)16(22)19-9-11-4-6-18-7-5-11;/h1-4,8,14-15,18,20-21H,5-7,9-10H2,(H,19,22);1H. The van der Waals surface area contributed by atoms with E-state index in [4.69, 9.17) is 11.6 Å². The van der Waals surface area contributed by atoms with Crippen molar-refractivity contribution in [3.05, 3.63) is 46.5 Å².